The standard InChI is InChI=1S/C24H37N3O3/c1-3-4-5-6-7-12-26-13-14-27(19(16-26)18-28)17-24(29)21-10-11-25-23-9-8-20(30-2)15-22(21)23/h8-11,15,19,24,28-29H,3-7,12-14,16-18H2,1-2H3/t19-,24?/m1/s1. The van der Waals surface area contributed by atoms with Gasteiger partial charge in [0, 0.05) is 43.8 Å². The van der Waals surface area contributed by atoms with E-state index in [0.717, 1.165) is 48.4 Å². The predicted octanol–water partition coefficient (Wildman–Crippen LogP) is 3.23. The lowest BCUT2D eigenvalue weighted by molar-refractivity contribution is 0.00931. The van der Waals surface area contributed by atoms with E-state index in [0.29, 0.717) is 6.54 Å². The Labute approximate surface area is 180 Å². The first-order chi connectivity index (χ1) is 14.7. The maximum absolute atomic E-state index is 11.0. The van der Waals surface area contributed by atoms with E-state index in [-0.39, 0.29) is 12.6 Å². The number of aliphatic hydroxyl groups is 2. The zero-order chi connectivity index (χ0) is 21.3. The van der Waals surface area contributed by atoms with Gasteiger partial charge in [0.05, 0.1) is 25.3 Å². The zero-order valence-corrected chi connectivity index (χ0v) is 18.5. The molecule has 1 fully saturated rings. The molecule has 6 heteroatoms. The first-order valence-electron chi connectivity index (χ1n) is 11.3. The Morgan fingerprint density at radius 1 is 1.17 bits per heavy atom. The van der Waals surface area contributed by atoms with E-state index in [1.54, 1.807) is 13.3 Å². The highest BCUT2D eigenvalue weighted by Crippen LogP contribution is 2.28. The smallest absolute Gasteiger partial charge is 0.119 e. The molecule has 1 aromatic carbocycles. The molecule has 2 atom stereocenters. The Hall–Kier alpha value is -1.73. The highest BCUT2D eigenvalue weighted by atomic mass is 16.5. The van der Waals surface area contributed by atoms with Crippen molar-refractivity contribution in [3.63, 3.8) is 0 Å². The van der Waals surface area contributed by atoms with Crippen LogP contribution in [0.5, 0.6) is 5.75 Å². The second-order valence-electron chi connectivity index (χ2n) is 8.35. The highest BCUT2D eigenvalue weighted by molar-refractivity contribution is 5.83. The van der Waals surface area contributed by atoms with Gasteiger partial charge in [0.1, 0.15) is 5.75 Å². The van der Waals surface area contributed by atoms with Gasteiger partial charge < -0.3 is 19.8 Å². The molecule has 2 heterocycles. The van der Waals surface area contributed by atoms with Crippen molar-refractivity contribution in [2.75, 3.05) is 46.4 Å². The van der Waals surface area contributed by atoms with Crippen molar-refractivity contribution in [2.45, 2.75) is 51.2 Å². The number of aromatic nitrogens is 1. The van der Waals surface area contributed by atoms with Crippen LogP contribution in [0.25, 0.3) is 10.9 Å². The van der Waals surface area contributed by atoms with Crippen LogP contribution in [0.15, 0.2) is 30.5 Å². The summed E-state index contributed by atoms with van der Waals surface area (Å²) in [7, 11) is 1.64. The number of aliphatic hydroxyl groups excluding tert-OH is 2. The van der Waals surface area contributed by atoms with E-state index in [4.69, 9.17) is 4.74 Å². The normalized spacial score (nSPS) is 19.3. The van der Waals surface area contributed by atoms with Crippen molar-refractivity contribution in [1.82, 2.24) is 14.8 Å². The molecule has 166 valence electrons. The molecule has 30 heavy (non-hydrogen) atoms. The second-order valence-corrected chi connectivity index (χ2v) is 8.35. The second kappa shape index (κ2) is 11.6. The molecule has 0 bridgehead atoms. The third kappa shape index (κ3) is 5.91. The summed E-state index contributed by atoms with van der Waals surface area (Å²) < 4.78 is 5.35. The molecule has 0 amide bonds. The van der Waals surface area contributed by atoms with Crippen LogP contribution in [0.1, 0.15) is 50.7 Å². The minimum Gasteiger partial charge on any atom is -0.497 e. The van der Waals surface area contributed by atoms with E-state index in [1.165, 1.54) is 32.1 Å². The first kappa shape index (κ1) is 22.9. The Morgan fingerprint density at radius 3 is 2.77 bits per heavy atom. The van der Waals surface area contributed by atoms with Crippen LogP contribution in [0.3, 0.4) is 0 Å². The van der Waals surface area contributed by atoms with E-state index < -0.39 is 6.10 Å². The van der Waals surface area contributed by atoms with Crippen LogP contribution in [-0.2, 0) is 0 Å². The Morgan fingerprint density at radius 2 is 2.00 bits per heavy atom. The zero-order valence-electron chi connectivity index (χ0n) is 18.5. The number of rotatable bonds is 11. The van der Waals surface area contributed by atoms with E-state index in [2.05, 4.69) is 21.7 Å². The fraction of sp³-hybridized carbons (Fsp3) is 0.625. The average Bonchev–Trinajstić information content (AvgIpc) is 2.78. The SMILES string of the molecule is CCCCCCCN1CCN(CC(O)c2ccnc3ccc(OC)cc23)[C@@H](CO)C1. The minimum absolute atomic E-state index is 0.0617. The molecule has 0 saturated carbocycles. The van der Waals surface area contributed by atoms with Crippen molar-refractivity contribution in [3.8, 4) is 5.75 Å². The summed E-state index contributed by atoms with van der Waals surface area (Å²) in [5, 5.41) is 21.9. The molecule has 1 aliphatic rings. The third-order valence-electron chi connectivity index (χ3n) is 6.23. The Balaban J connectivity index is 1.60. The van der Waals surface area contributed by atoms with Crippen LogP contribution in [0, 0.1) is 0 Å². The highest BCUT2D eigenvalue weighted by Gasteiger charge is 2.28. The molecule has 6 nitrogen and oxygen atoms in total. The first-order valence-corrected chi connectivity index (χ1v) is 11.3. The molecule has 0 aliphatic carbocycles. The number of ether oxygens (including phenoxy) is 1. The number of hydrogen-bond acceptors (Lipinski definition) is 6. The molecule has 0 spiro atoms. The van der Waals surface area contributed by atoms with Gasteiger partial charge in [-0.05, 0) is 42.8 Å². The Kier molecular flexibility index (Phi) is 8.88. The summed E-state index contributed by atoms with van der Waals surface area (Å²) in [5.41, 5.74) is 1.70. The Bertz CT molecular complexity index is 785. The van der Waals surface area contributed by atoms with Crippen molar-refractivity contribution in [2.24, 2.45) is 0 Å². The lowest BCUT2D eigenvalue weighted by atomic mass is 10.0. The molecule has 3 rings (SSSR count). The van der Waals surface area contributed by atoms with E-state index in [1.807, 2.05) is 24.3 Å². The van der Waals surface area contributed by atoms with Crippen molar-refractivity contribution >= 4 is 10.9 Å². The number of unbranched alkanes of at least 4 members (excludes halogenated alkanes) is 4. The topological polar surface area (TPSA) is 69.1 Å². The van der Waals surface area contributed by atoms with Gasteiger partial charge in [-0.25, -0.2) is 0 Å². The molecule has 1 aromatic heterocycles. The predicted molar refractivity (Wildman–Crippen MR) is 121 cm³/mol. The van der Waals surface area contributed by atoms with Crippen LogP contribution >= 0.6 is 0 Å². The average molecular weight is 416 g/mol. The van der Waals surface area contributed by atoms with Crippen molar-refractivity contribution in [3.05, 3.63) is 36.0 Å². The van der Waals surface area contributed by atoms with Gasteiger partial charge in [0.2, 0.25) is 0 Å². The number of pyridine rings is 1. The number of hydrogen-bond donors (Lipinski definition) is 2. The fourth-order valence-electron chi connectivity index (χ4n) is 4.40. The summed E-state index contributed by atoms with van der Waals surface area (Å²) in [6.45, 7) is 6.68. The molecule has 1 aliphatic heterocycles. The maximum atomic E-state index is 11.0. The minimum atomic E-state index is -0.641. The fourth-order valence-corrected chi connectivity index (χ4v) is 4.40. The van der Waals surface area contributed by atoms with E-state index in [9.17, 15) is 10.2 Å². The number of β-amino-alcohol motifs (C(OH)–C–C–N with tert-alkyl or cyclic N) is 1. The summed E-state index contributed by atoms with van der Waals surface area (Å²) in [6.07, 6.45) is 7.52. The van der Waals surface area contributed by atoms with E-state index >= 15 is 0 Å². The largest absolute Gasteiger partial charge is 0.497 e. The van der Waals surface area contributed by atoms with Gasteiger partial charge >= 0.3 is 0 Å². The lowest BCUT2D eigenvalue weighted by Gasteiger charge is -2.41. The summed E-state index contributed by atoms with van der Waals surface area (Å²) in [6, 6.07) is 7.68. The van der Waals surface area contributed by atoms with Crippen LogP contribution in [0.2, 0.25) is 0 Å². The summed E-state index contributed by atoms with van der Waals surface area (Å²) >= 11 is 0. The molecule has 2 aromatic rings. The molecule has 2 N–H and O–H groups in total. The lowest BCUT2D eigenvalue weighted by Crippen LogP contribution is -2.55. The molecule has 1 saturated heterocycles. The number of piperazine rings is 1. The van der Waals surface area contributed by atoms with Gasteiger partial charge in [0.15, 0.2) is 0 Å². The third-order valence-corrected chi connectivity index (χ3v) is 6.23. The number of methoxy groups -OCH3 is 1. The monoisotopic (exact) mass is 415 g/mol. The molecule has 0 radical (unpaired) electrons. The van der Waals surface area contributed by atoms with Gasteiger partial charge in [0.25, 0.3) is 0 Å². The summed E-state index contributed by atoms with van der Waals surface area (Å²) in [5.74, 6) is 0.754. The maximum Gasteiger partial charge on any atom is 0.119 e. The van der Waals surface area contributed by atoms with Gasteiger partial charge in [-0.15, -0.1) is 0 Å². The molecular formula is C24H37N3O3. The number of benzene rings is 1. The van der Waals surface area contributed by atoms with Crippen LogP contribution in [0.4, 0.5) is 0 Å². The van der Waals surface area contributed by atoms with Crippen LogP contribution in [-0.4, -0.2) is 77.5 Å². The van der Waals surface area contributed by atoms with Gasteiger partial charge in [-0.3, -0.25) is 9.88 Å². The summed E-state index contributed by atoms with van der Waals surface area (Å²) in [4.78, 5) is 9.10. The van der Waals surface area contributed by atoms with Crippen molar-refractivity contribution in [1.29, 1.82) is 0 Å². The quantitative estimate of drug-likeness (QED) is 0.549. The molecular weight excluding hydrogens is 378 g/mol. The number of fused-ring (bicyclic) bond motifs is 1. The van der Waals surface area contributed by atoms with Gasteiger partial charge in [-0.2, -0.15) is 0 Å². The van der Waals surface area contributed by atoms with Crippen LogP contribution < -0.4 is 4.74 Å². The molecule has 1 unspecified atom stereocenters. The van der Waals surface area contributed by atoms with Gasteiger partial charge in [-0.1, -0.05) is 32.6 Å². The number of nitrogens with zero attached hydrogens (tertiary/aromatic N) is 3. The van der Waals surface area contributed by atoms with Crippen molar-refractivity contribution < 1.29 is 14.9 Å².